The maximum atomic E-state index is 5.46. The quantitative estimate of drug-likeness (QED) is 0.368. The molecule has 0 radical (unpaired) electrons. The zero-order valence-corrected chi connectivity index (χ0v) is 15.6. The number of guanidine groups is 1. The normalized spacial score (nSPS) is 22.4. The Morgan fingerprint density at radius 3 is 2.48 bits per heavy atom. The predicted molar refractivity (Wildman–Crippen MR) is 97.0 cm³/mol. The van der Waals surface area contributed by atoms with E-state index < -0.39 is 0 Å². The van der Waals surface area contributed by atoms with Crippen LogP contribution in [0.2, 0.25) is 0 Å². The number of hydrogen-bond acceptors (Lipinski definition) is 3. The number of ether oxygens (including phenoxy) is 2. The zero-order valence-electron chi connectivity index (χ0n) is 15.6. The molecule has 0 unspecified atom stereocenters. The molecule has 0 atom stereocenters. The molecule has 1 aliphatic rings. The van der Waals surface area contributed by atoms with Crippen molar-refractivity contribution in [3.8, 4) is 0 Å². The van der Waals surface area contributed by atoms with Crippen LogP contribution in [0.1, 0.15) is 52.9 Å². The Kier molecular flexibility index (Phi) is 11.1. The fourth-order valence-electron chi connectivity index (χ4n) is 3.05. The number of methoxy groups -OCH3 is 1. The molecule has 136 valence electrons. The van der Waals surface area contributed by atoms with Gasteiger partial charge in [-0.1, -0.05) is 13.8 Å². The Morgan fingerprint density at radius 2 is 1.87 bits per heavy atom. The van der Waals surface area contributed by atoms with Crippen molar-refractivity contribution in [1.82, 2.24) is 10.6 Å². The summed E-state index contributed by atoms with van der Waals surface area (Å²) in [4.78, 5) is 4.66. The second-order valence-electron chi connectivity index (χ2n) is 6.72. The Hall–Kier alpha value is -0.810. The van der Waals surface area contributed by atoms with E-state index in [0.29, 0.717) is 19.3 Å². The van der Waals surface area contributed by atoms with Crippen LogP contribution in [-0.2, 0) is 9.47 Å². The van der Waals surface area contributed by atoms with Crippen molar-refractivity contribution < 1.29 is 9.47 Å². The van der Waals surface area contributed by atoms with Gasteiger partial charge in [-0.3, -0.25) is 4.99 Å². The van der Waals surface area contributed by atoms with Crippen molar-refractivity contribution >= 4 is 5.96 Å². The summed E-state index contributed by atoms with van der Waals surface area (Å²) in [5, 5.41) is 6.96. The number of nitrogens with one attached hydrogen (secondary N) is 2. The van der Waals surface area contributed by atoms with Crippen LogP contribution in [-0.4, -0.2) is 52.0 Å². The van der Waals surface area contributed by atoms with E-state index in [1.807, 2.05) is 0 Å². The van der Waals surface area contributed by atoms with E-state index >= 15 is 0 Å². The summed E-state index contributed by atoms with van der Waals surface area (Å²) in [7, 11) is 1.69. The van der Waals surface area contributed by atoms with Gasteiger partial charge in [-0.2, -0.15) is 0 Å². The molecule has 1 rings (SSSR count). The Balaban J connectivity index is 2.24. The first-order chi connectivity index (χ1) is 11.2. The lowest BCUT2D eigenvalue weighted by atomic mass is 9.80. The van der Waals surface area contributed by atoms with Crippen molar-refractivity contribution in [2.75, 3.05) is 40.0 Å². The van der Waals surface area contributed by atoms with Gasteiger partial charge in [0.25, 0.3) is 0 Å². The number of hydrogen-bond donors (Lipinski definition) is 2. The first kappa shape index (κ1) is 20.2. The van der Waals surface area contributed by atoms with Gasteiger partial charge in [-0.25, -0.2) is 0 Å². The third-order valence-electron chi connectivity index (χ3n) is 4.55. The lowest BCUT2D eigenvalue weighted by molar-refractivity contribution is 0.0702. The van der Waals surface area contributed by atoms with E-state index in [1.165, 1.54) is 25.7 Å². The topological polar surface area (TPSA) is 54.9 Å². The van der Waals surface area contributed by atoms with Gasteiger partial charge in [0, 0.05) is 32.8 Å². The van der Waals surface area contributed by atoms with Crippen LogP contribution in [0, 0.1) is 11.8 Å². The predicted octanol–water partition coefficient (Wildman–Crippen LogP) is 2.81. The highest BCUT2D eigenvalue weighted by Crippen LogP contribution is 2.29. The smallest absolute Gasteiger partial charge is 0.191 e. The molecule has 0 spiro atoms. The second-order valence-corrected chi connectivity index (χ2v) is 6.72. The Labute approximate surface area is 142 Å². The average molecular weight is 328 g/mol. The van der Waals surface area contributed by atoms with E-state index in [0.717, 1.165) is 43.9 Å². The first-order valence-electron chi connectivity index (χ1n) is 9.28. The molecule has 0 amide bonds. The Morgan fingerprint density at radius 1 is 1.13 bits per heavy atom. The molecule has 2 N–H and O–H groups in total. The van der Waals surface area contributed by atoms with E-state index in [-0.39, 0.29) is 0 Å². The fourth-order valence-corrected chi connectivity index (χ4v) is 3.05. The molecule has 1 saturated carbocycles. The van der Waals surface area contributed by atoms with Gasteiger partial charge in [0.2, 0.25) is 0 Å². The Bertz CT molecular complexity index is 313. The minimum atomic E-state index is 0.570. The molecule has 1 aliphatic carbocycles. The van der Waals surface area contributed by atoms with E-state index in [4.69, 9.17) is 9.47 Å². The summed E-state index contributed by atoms with van der Waals surface area (Å²) in [5.41, 5.74) is 0. The van der Waals surface area contributed by atoms with Crippen LogP contribution >= 0.6 is 0 Å². The summed E-state index contributed by atoms with van der Waals surface area (Å²) in [5.74, 6) is 2.67. The molecular weight excluding hydrogens is 290 g/mol. The highest BCUT2D eigenvalue weighted by Gasteiger charge is 2.23. The van der Waals surface area contributed by atoms with Crippen molar-refractivity contribution in [2.45, 2.75) is 58.9 Å². The average Bonchev–Trinajstić information content (AvgIpc) is 2.54. The minimum Gasteiger partial charge on any atom is -0.382 e. The van der Waals surface area contributed by atoms with Crippen molar-refractivity contribution in [3.05, 3.63) is 0 Å². The molecule has 0 heterocycles. The third-order valence-corrected chi connectivity index (χ3v) is 4.55. The number of aliphatic imine (C=N–C) groups is 1. The summed E-state index contributed by atoms with van der Waals surface area (Å²) >= 11 is 0. The molecule has 23 heavy (non-hydrogen) atoms. The van der Waals surface area contributed by atoms with E-state index in [9.17, 15) is 0 Å². The lowest BCUT2D eigenvalue weighted by Crippen LogP contribution is -2.45. The van der Waals surface area contributed by atoms with Crippen LogP contribution in [0.25, 0.3) is 0 Å². The molecular formula is C18H37N3O2. The van der Waals surface area contributed by atoms with Gasteiger partial charge in [0.15, 0.2) is 5.96 Å². The van der Waals surface area contributed by atoms with Crippen LogP contribution in [0.5, 0.6) is 0 Å². The van der Waals surface area contributed by atoms with Crippen LogP contribution in [0.3, 0.4) is 0 Å². The summed E-state index contributed by atoms with van der Waals surface area (Å²) in [6.45, 7) is 10.6. The molecule has 0 saturated heterocycles. The molecule has 0 aromatic carbocycles. The number of nitrogens with zero attached hydrogens (tertiary/aromatic N) is 1. The molecule has 5 heteroatoms. The molecule has 0 aromatic heterocycles. The lowest BCUT2D eigenvalue weighted by Gasteiger charge is -2.32. The van der Waals surface area contributed by atoms with Gasteiger partial charge >= 0.3 is 0 Å². The summed E-state index contributed by atoms with van der Waals surface area (Å²) in [6, 6.07) is 0.570. The maximum Gasteiger partial charge on any atom is 0.191 e. The largest absolute Gasteiger partial charge is 0.382 e. The fraction of sp³-hybridized carbons (Fsp3) is 0.944. The molecule has 0 bridgehead atoms. The van der Waals surface area contributed by atoms with Crippen molar-refractivity contribution in [3.63, 3.8) is 0 Å². The highest BCUT2D eigenvalue weighted by molar-refractivity contribution is 5.80. The van der Waals surface area contributed by atoms with Crippen LogP contribution in [0.4, 0.5) is 0 Å². The SMILES string of the molecule is CCNC(=NCCCOCCOC)NC1CCC(C(C)C)CC1. The highest BCUT2D eigenvalue weighted by atomic mass is 16.5. The second kappa shape index (κ2) is 12.6. The third kappa shape index (κ3) is 9.16. The summed E-state index contributed by atoms with van der Waals surface area (Å²) < 4.78 is 10.4. The van der Waals surface area contributed by atoms with Crippen molar-refractivity contribution in [2.24, 2.45) is 16.8 Å². The van der Waals surface area contributed by atoms with Gasteiger partial charge in [0.1, 0.15) is 0 Å². The van der Waals surface area contributed by atoms with Gasteiger partial charge in [0.05, 0.1) is 13.2 Å². The molecule has 1 fully saturated rings. The maximum absolute atomic E-state index is 5.46. The van der Waals surface area contributed by atoms with E-state index in [2.05, 4.69) is 36.4 Å². The zero-order chi connectivity index (χ0) is 16.9. The monoisotopic (exact) mass is 327 g/mol. The standard InChI is InChI=1S/C18H37N3O2/c1-5-19-18(20-11-6-12-23-14-13-22-4)21-17-9-7-16(8-10-17)15(2)3/h15-17H,5-14H2,1-4H3,(H2,19,20,21). The molecule has 0 aliphatic heterocycles. The van der Waals surface area contributed by atoms with Crippen LogP contribution < -0.4 is 10.6 Å². The minimum absolute atomic E-state index is 0.570. The van der Waals surface area contributed by atoms with Crippen LogP contribution in [0.15, 0.2) is 4.99 Å². The van der Waals surface area contributed by atoms with Gasteiger partial charge in [-0.15, -0.1) is 0 Å². The molecule has 0 aromatic rings. The first-order valence-corrected chi connectivity index (χ1v) is 9.28. The number of rotatable bonds is 10. The van der Waals surface area contributed by atoms with E-state index in [1.54, 1.807) is 7.11 Å². The van der Waals surface area contributed by atoms with Crippen molar-refractivity contribution in [1.29, 1.82) is 0 Å². The summed E-state index contributed by atoms with van der Waals surface area (Å²) in [6.07, 6.45) is 6.13. The molecule has 5 nitrogen and oxygen atoms in total. The van der Waals surface area contributed by atoms with Gasteiger partial charge in [-0.05, 0) is 50.9 Å². The van der Waals surface area contributed by atoms with Gasteiger partial charge < -0.3 is 20.1 Å².